The van der Waals surface area contributed by atoms with E-state index in [-0.39, 0.29) is 6.61 Å². The summed E-state index contributed by atoms with van der Waals surface area (Å²) in [6, 6.07) is 6.52. The molecule has 2 aromatic rings. The minimum atomic E-state index is 0.122. The average Bonchev–Trinajstić information content (AvgIpc) is 3.13. The molecule has 1 saturated heterocycles. The minimum Gasteiger partial charge on any atom is -0.394 e. The van der Waals surface area contributed by atoms with Crippen LogP contribution in [0.1, 0.15) is 23.4 Å². The van der Waals surface area contributed by atoms with Gasteiger partial charge in [0.25, 0.3) is 0 Å². The summed E-state index contributed by atoms with van der Waals surface area (Å²) < 4.78 is 1.89. The smallest absolute Gasteiger partial charge is 0.128 e. The van der Waals surface area contributed by atoms with Gasteiger partial charge in [-0.25, -0.2) is 4.98 Å². The molecule has 23 heavy (non-hydrogen) atoms. The van der Waals surface area contributed by atoms with Gasteiger partial charge in [-0.1, -0.05) is 6.07 Å². The molecular formula is C17H25N5O. The lowest BCUT2D eigenvalue weighted by Crippen LogP contribution is -2.32. The first-order valence-corrected chi connectivity index (χ1v) is 8.22. The molecule has 0 saturated carbocycles. The van der Waals surface area contributed by atoms with Crippen molar-refractivity contribution in [3.63, 3.8) is 0 Å². The number of pyridine rings is 1. The normalized spacial score (nSPS) is 17.9. The molecule has 1 aliphatic rings. The third kappa shape index (κ3) is 3.54. The van der Waals surface area contributed by atoms with Gasteiger partial charge in [-0.3, -0.25) is 4.68 Å². The van der Waals surface area contributed by atoms with Crippen LogP contribution in [-0.4, -0.2) is 45.6 Å². The summed E-state index contributed by atoms with van der Waals surface area (Å²) in [4.78, 5) is 6.75. The van der Waals surface area contributed by atoms with Crippen LogP contribution in [0.4, 0.5) is 5.82 Å². The van der Waals surface area contributed by atoms with Crippen molar-refractivity contribution >= 4 is 5.82 Å². The summed E-state index contributed by atoms with van der Waals surface area (Å²) >= 11 is 0. The highest BCUT2D eigenvalue weighted by molar-refractivity contribution is 5.39. The highest BCUT2D eigenvalue weighted by Gasteiger charge is 2.23. The lowest BCUT2D eigenvalue weighted by molar-refractivity contribution is 0.267. The van der Waals surface area contributed by atoms with Crippen molar-refractivity contribution in [2.75, 3.05) is 24.6 Å². The number of anilines is 1. The van der Waals surface area contributed by atoms with Gasteiger partial charge in [0.05, 0.1) is 18.8 Å². The van der Waals surface area contributed by atoms with Crippen LogP contribution in [0.25, 0.3) is 0 Å². The van der Waals surface area contributed by atoms with E-state index in [0.29, 0.717) is 12.6 Å². The second kappa shape index (κ2) is 7.10. The van der Waals surface area contributed by atoms with Gasteiger partial charge in [-0.2, -0.15) is 5.10 Å². The maximum atomic E-state index is 9.10. The van der Waals surface area contributed by atoms with Crippen LogP contribution in [0.15, 0.2) is 24.4 Å². The Morgan fingerprint density at radius 3 is 2.96 bits per heavy atom. The third-order valence-electron chi connectivity index (χ3n) is 4.57. The van der Waals surface area contributed by atoms with Crippen LogP contribution in [0.3, 0.4) is 0 Å². The van der Waals surface area contributed by atoms with E-state index in [1.807, 2.05) is 29.9 Å². The Hall–Kier alpha value is -1.92. The number of rotatable bonds is 6. The first kappa shape index (κ1) is 16.0. The average molecular weight is 315 g/mol. The summed E-state index contributed by atoms with van der Waals surface area (Å²) in [5.74, 6) is 1.06. The molecule has 0 spiro atoms. The molecule has 0 aliphatic carbocycles. The Morgan fingerprint density at radius 1 is 1.35 bits per heavy atom. The number of nitrogens with zero attached hydrogens (tertiary/aromatic N) is 4. The number of hydrogen-bond donors (Lipinski definition) is 2. The number of aliphatic hydroxyl groups excluding tert-OH is 1. The maximum absolute atomic E-state index is 9.10. The third-order valence-corrected chi connectivity index (χ3v) is 4.57. The van der Waals surface area contributed by atoms with E-state index in [1.165, 1.54) is 5.56 Å². The van der Waals surface area contributed by atoms with Crippen LogP contribution in [0.2, 0.25) is 0 Å². The molecule has 0 bridgehead atoms. The summed E-state index contributed by atoms with van der Waals surface area (Å²) in [6.45, 7) is 7.63. The molecule has 1 unspecified atom stereocenters. The lowest BCUT2D eigenvalue weighted by atomic mass is 10.1. The monoisotopic (exact) mass is 315 g/mol. The second-order valence-electron chi connectivity index (χ2n) is 6.10. The van der Waals surface area contributed by atoms with Crippen molar-refractivity contribution in [1.29, 1.82) is 0 Å². The van der Waals surface area contributed by atoms with E-state index in [9.17, 15) is 0 Å². The fourth-order valence-corrected chi connectivity index (χ4v) is 3.22. The standard InChI is InChI=1S/C17H25N5O/c1-13-16(14(2)22(20-13)9-10-23)11-19-15-6-8-21(12-15)17-5-3-4-7-18-17/h3-5,7,15,19,23H,6,8-12H2,1-2H3. The molecule has 124 valence electrons. The molecular weight excluding hydrogens is 290 g/mol. The maximum Gasteiger partial charge on any atom is 0.128 e. The SMILES string of the molecule is Cc1nn(CCO)c(C)c1CNC1CCN(c2ccccn2)C1. The number of aliphatic hydroxyl groups is 1. The van der Waals surface area contributed by atoms with Crippen LogP contribution in [0.5, 0.6) is 0 Å². The lowest BCUT2D eigenvalue weighted by Gasteiger charge is -2.17. The predicted octanol–water partition coefficient (Wildman–Crippen LogP) is 1.26. The first-order valence-electron chi connectivity index (χ1n) is 8.22. The molecule has 0 radical (unpaired) electrons. The molecule has 6 nitrogen and oxygen atoms in total. The molecule has 1 fully saturated rings. The zero-order valence-electron chi connectivity index (χ0n) is 13.9. The van der Waals surface area contributed by atoms with Gasteiger partial charge in [0, 0.05) is 43.1 Å². The highest BCUT2D eigenvalue weighted by atomic mass is 16.3. The molecule has 3 heterocycles. The zero-order valence-corrected chi connectivity index (χ0v) is 13.9. The largest absolute Gasteiger partial charge is 0.394 e. The van der Waals surface area contributed by atoms with E-state index >= 15 is 0 Å². The van der Waals surface area contributed by atoms with Crippen molar-refractivity contribution in [3.05, 3.63) is 41.3 Å². The first-order chi connectivity index (χ1) is 11.2. The molecule has 6 heteroatoms. The molecule has 2 aromatic heterocycles. The fraction of sp³-hybridized carbons (Fsp3) is 0.529. The second-order valence-corrected chi connectivity index (χ2v) is 6.10. The summed E-state index contributed by atoms with van der Waals surface area (Å²) in [5.41, 5.74) is 3.43. The van der Waals surface area contributed by atoms with Crippen LogP contribution in [-0.2, 0) is 13.1 Å². The van der Waals surface area contributed by atoms with Gasteiger partial charge in [-0.15, -0.1) is 0 Å². The van der Waals surface area contributed by atoms with Gasteiger partial charge < -0.3 is 15.3 Å². The predicted molar refractivity (Wildman–Crippen MR) is 90.5 cm³/mol. The Bertz CT molecular complexity index is 640. The van der Waals surface area contributed by atoms with Gasteiger partial charge >= 0.3 is 0 Å². The van der Waals surface area contributed by atoms with E-state index in [1.54, 1.807) is 0 Å². The quantitative estimate of drug-likeness (QED) is 0.840. The summed E-state index contributed by atoms with van der Waals surface area (Å²) in [7, 11) is 0. The van der Waals surface area contributed by atoms with Crippen molar-refractivity contribution < 1.29 is 5.11 Å². The Kier molecular flexibility index (Phi) is 4.93. The molecule has 3 rings (SSSR count). The van der Waals surface area contributed by atoms with Crippen LogP contribution >= 0.6 is 0 Å². The Balaban J connectivity index is 1.58. The van der Waals surface area contributed by atoms with Gasteiger partial charge in [0.2, 0.25) is 0 Å². The van der Waals surface area contributed by atoms with E-state index in [4.69, 9.17) is 5.11 Å². The number of aromatic nitrogens is 3. The number of nitrogens with one attached hydrogen (secondary N) is 1. The molecule has 0 aromatic carbocycles. The van der Waals surface area contributed by atoms with Crippen LogP contribution < -0.4 is 10.2 Å². The number of hydrogen-bond acceptors (Lipinski definition) is 5. The van der Waals surface area contributed by atoms with Crippen molar-refractivity contribution in [2.24, 2.45) is 0 Å². The van der Waals surface area contributed by atoms with Crippen molar-refractivity contribution in [1.82, 2.24) is 20.1 Å². The Labute approximate surface area is 137 Å². The van der Waals surface area contributed by atoms with E-state index in [2.05, 4.69) is 33.3 Å². The Morgan fingerprint density at radius 2 is 2.22 bits per heavy atom. The van der Waals surface area contributed by atoms with E-state index < -0.39 is 0 Å². The fourth-order valence-electron chi connectivity index (χ4n) is 3.22. The molecule has 0 amide bonds. The molecule has 2 N–H and O–H groups in total. The van der Waals surface area contributed by atoms with Gasteiger partial charge in [0.1, 0.15) is 5.82 Å². The summed E-state index contributed by atoms with van der Waals surface area (Å²) in [5, 5.41) is 17.2. The van der Waals surface area contributed by atoms with Crippen molar-refractivity contribution in [3.8, 4) is 0 Å². The molecule has 1 atom stereocenters. The number of aryl methyl sites for hydroxylation is 1. The highest BCUT2D eigenvalue weighted by Crippen LogP contribution is 2.19. The van der Waals surface area contributed by atoms with Gasteiger partial charge in [-0.05, 0) is 32.4 Å². The van der Waals surface area contributed by atoms with E-state index in [0.717, 1.165) is 43.3 Å². The van der Waals surface area contributed by atoms with Gasteiger partial charge in [0.15, 0.2) is 0 Å². The minimum absolute atomic E-state index is 0.122. The van der Waals surface area contributed by atoms with Crippen molar-refractivity contribution in [2.45, 2.75) is 39.4 Å². The summed E-state index contributed by atoms with van der Waals surface area (Å²) in [6.07, 6.45) is 2.97. The van der Waals surface area contributed by atoms with Crippen LogP contribution in [0, 0.1) is 13.8 Å². The molecule has 1 aliphatic heterocycles. The zero-order chi connectivity index (χ0) is 16.2. The topological polar surface area (TPSA) is 66.2 Å².